The SMILES string of the molecule is Cc1ccc(-n2nc(C)c3c(C(=O)N4CCN(c5cc(Cl)ccc5C)CC4)cc(C)nc32)cc1. The molecule has 5 rings (SSSR count). The van der Waals surface area contributed by atoms with Gasteiger partial charge in [-0.2, -0.15) is 5.10 Å². The first-order chi connectivity index (χ1) is 16.3. The van der Waals surface area contributed by atoms with Gasteiger partial charge in [0.2, 0.25) is 0 Å². The predicted octanol–water partition coefficient (Wildman–Crippen LogP) is 5.27. The molecule has 2 aromatic heterocycles. The Kier molecular flexibility index (Phi) is 5.78. The molecule has 1 aliphatic rings. The molecule has 3 heterocycles. The number of anilines is 1. The summed E-state index contributed by atoms with van der Waals surface area (Å²) in [5, 5.41) is 6.31. The molecule has 0 bridgehead atoms. The molecular formula is C27H28ClN5O. The number of benzene rings is 2. The van der Waals surface area contributed by atoms with Gasteiger partial charge in [0.1, 0.15) is 0 Å². The molecule has 34 heavy (non-hydrogen) atoms. The van der Waals surface area contributed by atoms with E-state index in [9.17, 15) is 4.79 Å². The highest BCUT2D eigenvalue weighted by Gasteiger charge is 2.27. The monoisotopic (exact) mass is 473 g/mol. The van der Waals surface area contributed by atoms with Gasteiger partial charge in [-0.1, -0.05) is 35.4 Å². The normalized spacial score (nSPS) is 14.1. The zero-order valence-corrected chi connectivity index (χ0v) is 20.7. The maximum Gasteiger partial charge on any atom is 0.254 e. The molecule has 6 nitrogen and oxygen atoms in total. The van der Waals surface area contributed by atoms with Crippen LogP contribution in [-0.4, -0.2) is 51.8 Å². The number of piperazine rings is 1. The van der Waals surface area contributed by atoms with Crippen LogP contribution in [0.1, 0.15) is 32.9 Å². The lowest BCUT2D eigenvalue weighted by Gasteiger charge is -2.37. The lowest BCUT2D eigenvalue weighted by Crippen LogP contribution is -2.49. The molecule has 1 aliphatic heterocycles. The average Bonchev–Trinajstić information content (AvgIpc) is 3.16. The van der Waals surface area contributed by atoms with E-state index in [0.717, 1.165) is 51.9 Å². The van der Waals surface area contributed by atoms with Crippen molar-refractivity contribution in [2.45, 2.75) is 27.7 Å². The van der Waals surface area contributed by atoms with E-state index in [1.165, 1.54) is 11.1 Å². The molecule has 2 aromatic carbocycles. The molecule has 4 aromatic rings. The molecule has 0 spiro atoms. The molecule has 174 valence electrons. The predicted molar refractivity (Wildman–Crippen MR) is 137 cm³/mol. The van der Waals surface area contributed by atoms with Gasteiger partial charge >= 0.3 is 0 Å². The van der Waals surface area contributed by atoms with Crippen LogP contribution in [0, 0.1) is 27.7 Å². The number of halogens is 1. The molecule has 0 saturated carbocycles. The van der Waals surface area contributed by atoms with Gasteiger partial charge in [0.05, 0.1) is 22.3 Å². The number of rotatable bonds is 3. The van der Waals surface area contributed by atoms with Crippen molar-refractivity contribution in [3.05, 3.63) is 81.6 Å². The summed E-state index contributed by atoms with van der Waals surface area (Å²) in [5.74, 6) is 0.0320. The van der Waals surface area contributed by atoms with Gasteiger partial charge in [-0.15, -0.1) is 0 Å². The minimum atomic E-state index is 0.0320. The van der Waals surface area contributed by atoms with E-state index in [2.05, 4.69) is 30.9 Å². The Labute approximate surface area is 204 Å². The summed E-state index contributed by atoms with van der Waals surface area (Å²) < 4.78 is 1.84. The summed E-state index contributed by atoms with van der Waals surface area (Å²) in [6.07, 6.45) is 0. The first kappa shape index (κ1) is 22.4. The quantitative estimate of drug-likeness (QED) is 0.406. The Hall–Kier alpha value is -3.38. The molecule has 0 radical (unpaired) electrons. The number of pyridine rings is 1. The number of amides is 1. The third-order valence-electron chi connectivity index (χ3n) is 6.53. The number of carbonyl (C=O) groups is 1. The van der Waals surface area contributed by atoms with Crippen molar-refractivity contribution in [2.75, 3.05) is 31.1 Å². The Morgan fingerprint density at radius 2 is 1.62 bits per heavy atom. The fourth-order valence-electron chi connectivity index (χ4n) is 4.69. The molecule has 0 unspecified atom stereocenters. The summed E-state index contributed by atoms with van der Waals surface area (Å²) in [5.41, 5.74) is 7.45. The first-order valence-electron chi connectivity index (χ1n) is 11.6. The summed E-state index contributed by atoms with van der Waals surface area (Å²) in [6.45, 7) is 10.9. The third-order valence-corrected chi connectivity index (χ3v) is 6.76. The summed E-state index contributed by atoms with van der Waals surface area (Å²) in [4.78, 5) is 22.7. The van der Waals surface area contributed by atoms with Crippen LogP contribution in [0.2, 0.25) is 5.02 Å². The highest BCUT2D eigenvalue weighted by Crippen LogP contribution is 2.28. The van der Waals surface area contributed by atoms with Gasteiger partial charge < -0.3 is 9.80 Å². The van der Waals surface area contributed by atoms with Gasteiger partial charge in [0, 0.05) is 42.6 Å². The molecular weight excluding hydrogens is 446 g/mol. The van der Waals surface area contributed by atoms with Crippen molar-refractivity contribution in [1.29, 1.82) is 0 Å². The molecule has 1 fully saturated rings. The van der Waals surface area contributed by atoms with Crippen LogP contribution in [-0.2, 0) is 0 Å². The number of nitrogens with zero attached hydrogens (tertiary/aromatic N) is 5. The van der Waals surface area contributed by atoms with Crippen LogP contribution in [0.15, 0.2) is 48.5 Å². The first-order valence-corrected chi connectivity index (χ1v) is 11.9. The summed E-state index contributed by atoms with van der Waals surface area (Å²) >= 11 is 6.23. The van der Waals surface area contributed by atoms with Gasteiger partial charge in [-0.25, -0.2) is 9.67 Å². The average molecular weight is 474 g/mol. The number of aromatic nitrogens is 3. The van der Waals surface area contributed by atoms with Gasteiger partial charge in [0.15, 0.2) is 5.65 Å². The standard InChI is InChI=1S/C27H28ClN5O/c1-17-5-9-22(10-6-17)33-26-25(20(4)30-33)23(15-19(3)29-26)27(34)32-13-11-31(12-14-32)24-16-21(28)8-7-18(24)2/h5-10,15-16H,11-14H2,1-4H3. The van der Waals surface area contributed by atoms with Gasteiger partial charge in [-0.05, 0) is 63.6 Å². The number of carbonyl (C=O) groups excluding carboxylic acids is 1. The van der Waals surface area contributed by atoms with Crippen LogP contribution in [0.3, 0.4) is 0 Å². The van der Waals surface area contributed by atoms with Crippen molar-refractivity contribution in [2.24, 2.45) is 0 Å². The fraction of sp³-hybridized carbons (Fsp3) is 0.296. The molecule has 0 atom stereocenters. The van der Waals surface area contributed by atoms with Gasteiger partial charge in [-0.3, -0.25) is 4.79 Å². The second-order valence-corrected chi connectivity index (χ2v) is 9.49. The Balaban J connectivity index is 1.45. The second-order valence-electron chi connectivity index (χ2n) is 9.05. The molecule has 7 heteroatoms. The van der Waals surface area contributed by atoms with E-state index in [1.807, 2.05) is 59.8 Å². The van der Waals surface area contributed by atoms with Crippen molar-refractivity contribution >= 4 is 34.2 Å². The fourth-order valence-corrected chi connectivity index (χ4v) is 4.86. The molecule has 1 amide bonds. The topological polar surface area (TPSA) is 54.3 Å². The number of hydrogen-bond donors (Lipinski definition) is 0. The van der Waals surface area contributed by atoms with Crippen LogP contribution >= 0.6 is 11.6 Å². The van der Waals surface area contributed by atoms with Crippen molar-refractivity contribution < 1.29 is 4.79 Å². The second kappa shape index (κ2) is 8.76. The van der Waals surface area contributed by atoms with E-state index >= 15 is 0 Å². The number of hydrogen-bond acceptors (Lipinski definition) is 4. The largest absolute Gasteiger partial charge is 0.368 e. The highest BCUT2D eigenvalue weighted by molar-refractivity contribution is 6.30. The zero-order valence-electron chi connectivity index (χ0n) is 20.0. The Morgan fingerprint density at radius 1 is 0.912 bits per heavy atom. The van der Waals surface area contributed by atoms with Crippen molar-refractivity contribution in [3.8, 4) is 5.69 Å². The highest BCUT2D eigenvalue weighted by atomic mass is 35.5. The molecule has 0 aliphatic carbocycles. The van der Waals surface area contributed by atoms with Crippen molar-refractivity contribution in [3.63, 3.8) is 0 Å². The molecule has 0 N–H and O–H groups in total. The number of aryl methyl sites for hydroxylation is 4. The Bertz CT molecular complexity index is 1380. The zero-order chi connectivity index (χ0) is 24.0. The third kappa shape index (κ3) is 4.03. The summed E-state index contributed by atoms with van der Waals surface area (Å²) in [6, 6.07) is 16.0. The van der Waals surface area contributed by atoms with E-state index in [-0.39, 0.29) is 5.91 Å². The minimum Gasteiger partial charge on any atom is -0.368 e. The lowest BCUT2D eigenvalue weighted by atomic mass is 10.1. The van der Waals surface area contributed by atoms with Crippen LogP contribution in [0.5, 0.6) is 0 Å². The van der Waals surface area contributed by atoms with Gasteiger partial charge in [0.25, 0.3) is 5.91 Å². The maximum absolute atomic E-state index is 13.7. The van der Waals surface area contributed by atoms with Crippen molar-refractivity contribution in [1.82, 2.24) is 19.7 Å². The van der Waals surface area contributed by atoms with E-state index in [1.54, 1.807) is 0 Å². The number of fused-ring (bicyclic) bond motifs is 1. The van der Waals surface area contributed by atoms with E-state index in [4.69, 9.17) is 21.7 Å². The lowest BCUT2D eigenvalue weighted by molar-refractivity contribution is 0.0748. The maximum atomic E-state index is 13.7. The van der Waals surface area contributed by atoms with E-state index in [0.29, 0.717) is 18.7 Å². The summed E-state index contributed by atoms with van der Waals surface area (Å²) in [7, 11) is 0. The van der Waals surface area contributed by atoms with Crippen LogP contribution in [0.4, 0.5) is 5.69 Å². The van der Waals surface area contributed by atoms with E-state index < -0.39 is 0 Å². The van der Waals surface area contributed by atoms with Crippen LogP contribution < -0.4 is 4.90 Å². The molecule has 1 saturated heterocycles. The van der Waals surface area contributed by atoms with Crippen LogP contribution in [0.25, 0.3) is 16.7 Å². The smallest absolute Gasteiger partial charge is 0.254 e. The minimum absolute atomic E-state index is 0.0320. The Morgan fingerprint density at radius 3 is 2.32 bits per heavy atom.